The topological polar surface area (TPSA) is 56.3 Å². The van der Waals surface area contributed by atoms with Crippen LogP contribution in [0.2, 0.25) is 0 Å². The number of benzene rings is 1. The Morgan fingerprint density at radius 1 is 1.40 bits per heavy atom. The van der Waals surface area contributed by atoms with Gasteiger partial charge in [-0.05, 0) is 18.2 Å². The second-order valence-corrected chi connectivity index (χ2v) is 7.44. The van der Waals surface area contributed by atoms with Crippen molar-refractivity contribution in [1.29, 1.82) is 0 Å². The van der Waals surface area contributed by atoms with Crippen LogP contribution >= 0.6 is 22.9 Å². The number of nitrogens with zero attached hydrogens (tertiary/aromatic N) is 1. The first-order valence-corrected chi connectivity index (χ1v) is 9.22. The largest absolute Gasteiger partial charge is 0.493 e. The van der Waals surface area contributed by atoms with Crippen molar-refractivity contribution in [3.8, 4) is 5.75 Å². The molecule has 0 spiro atoms. The highest BCUT2D eigenvalue weighted by Crippen LogP contribution is 2.18. The van der Waals surface area contributed by atoms with Crippen molar-refractivity contribution < 1.29 is 13.2 Å². The van der Waals surface area contributed by atoms with Gasteiger partial charge in [0.05, 0.1) is 28.1 Å². The lowest BCUT2D eigenvalue weighted by atomic mass is 10.3. The minimum Gasteiger partial charge on any atom is -0.493 e. The van der Waals surface area contributed by atoms with Crippen molar-refractivity contribution in [2.24, 2.45) is 0 Å². The summed E-state index contributed by atoms with van der Waals surface area (Å²) in [6, 6.07) is 6.48. The molecular weight excluding hydrogens is 318 g/mol. The fraction of sp³-hybridized carbons (Fsp3) is 0.308. The van der Waals surface area contributed by atoms with Gasteiger partial charge in [0.15, 0.2) is 9.84 Å². The Bertz CT molecular complexity index is 682. The Balaban J connectivity index is 1.94. The first kappa shape index (κ1) is 15.3. The van der Waals surface area contributed by atoms with E-state index in [1.165, 1.54) is 12.3 Å². The summed E-state index contributed by atoms with van der Waals surface area (Å²) in [5.41, 5.74) is 0.866. The van der Waals surface area contributed by atoms with Gasteiger partial charge in [-0.2, -0.15) is 0 Å². The molecule has 0 unspecified atom stereocenters. The smallest absolute Gasteiger partial charge is 0.175 e. The molecule has 0 aliphatic rings. The molecule has 20 heavy (non-hydrogen) atoms. The molecule has 1 heterocycles. The highest BCUT2D eigenvalue weighted by atomic mass is 35.5. The summed E-state index contributed by atoms with van der Waals surface area (Å²) in [5.74, 6) is 0.954. The number of hydrogen-bond acceptors (Lipinski definition) is 5. The summed E-state index contributed by atoms with van der Waals surface area (Å²) in [6.45, 7) is 0.447. The number of thiazole rings is 1. The minimum absolute atomic E-state index is 0.258. The number of rotatable bonds is 6. The van der Waals surface area contributed by atoms with E-state index in [0.29, 0.717) is 24.7 Å². The predicted octanol–water partition coefficient (Wildman–Crippen LogP) is 2.91. The van der Waals surface area contributed by atoms with Crippen molar-refractivity contribution in [3.63, 3.8) is 0 Å². The van der Waals surface area contributed by atoms with Crippen LogP contribution in [0.4, 0.5) is 0 Å². The van der Waals surface area contributed by atoms with Crippen LogP contribution in [0.3, 0.4) is 0 Å². The van der Waals surface area contributed by atoms with Crippen LogP contribution < -0.4 is 4.74 Å². The van der Waals surface area contributed by atoms with E-state index in [4.69, 9.17) is 16.3 Å². The standard InChI is InChI=1S/C13H14ClNO3S2/c1-20(16,17)12-4-2-3-11(7-12)18-6-5-13-15-10(8-14)9-19-13/h2-4,7,9H,5-6,8H2,1H3. The van der Waals surface area contributed by atoms with Gasteiger partial charge >= 0.3 is 0 Å². The Kier molecular flexibility index (Phi) is 5.01. The molecule has 0 fully saturated rings. The van der Waals surface area contributed by atoms with Crippen LogP contribution in [-0.4, -0.2) is 26.3 Å². The van der Waals surface area contributed by atoms with Crippen LogP contribution in [0.15, 0.2) is 34.5 Å². The Morgan fingerprint density at radius 3 is 2.85 bits per heavy atom. The van der Waals surface area contributed by atoms with E-state index in [1.807, 2.05) is 5.38 Å². The molecule has 0 atom stereocenters. The second-order valence-electron chi connectivity index (χ2n) is 4.21. The highest BCUT2D eigenvalue weighted by Gasteiger charge is 2.08. The number of aromatic nitrogens is 1. The lowest BCUT2D eigenvalue weighted by Crippen LogP contribution is -2.03. The van der Waals surface area contributed by atoms with Crippen LogP contribution in [0.1, 0.15) is 10.7 Å². The van der Waals surface area contributed by atoms with Gasteiger partial charge < -0.3 is 4.74 Å². The van der Waals surface area contributed by atoms with Gasteiger partial charge in [-0.3, -0.25) is 0 Å². The molecule has 7 heteroatoms. The van der Waals surface area contributed by atoms with Gasteiger partial charge in [-0.1, -0.05) is 6.07 Å². The molecule has 0 aliphatic heterocycles. The maximum absolute atomic E-state index is 11.4. The van der Waals surface area contributed by atoms with Crippen molar-refractivity contribution >= 4 is 32.8 Å². The van der Waals surface area contributed by atoms with Crippen molar-refractivity contribution in [2.75, 3.05) is 12.9 Å². The molecule has 0 bridgehead atoms. The van der Waals surface area contributed by atoms with Gasteiger partial charge in [-0.15, -0.1) is 22.9 Å². The second kappa shape index (κ2) is 6.56. The molecule has 0 saturated carbocycles. The molecular formula is C13H14ClNO3S2. The van der Waals surface area contributed by atoms with Crippen molar-refractivity contribution in [1.82, 2.24) is 4.98 Å². The van der Waals surface area contributed by atoms with Gasteiger partial charge in [-0.25, -0.2) is 13.4 Å². The molecule has 0 saturated heterocycles. The molecule has 0 amide bonds. The van der Waals surface area contributed by atoms with Crippen LogP contribution in [-0.2, 0) is 22.1 Å². The van der Waals surface area contributed by atoms with E-state index in [9.17, 15) is 8.42 Å². The molecule has 2 aromatic rings. The summed E-state index contributed by atoms with van der Waals surface area (Å²) in [6.07, 6.45) is 1.85. The average molecular weight is 332 g/mol. The number of alkyl halides is 1. The first-order valence-electron chi connectivity index (χ1n) is 5.91. The fourth-order valence-corrected chi connectivity index (χ4v) is 3.24. The zero-order valence-corrected chi connectivity index (χ0v) is 13.3. The number of sulfone groups is 1. The number of ether oxygens (including phenoxy) is 1. The number of halogens is 1. The maximum Gasteiger partial charge on any atom is 0.175 e. The Hall–Kier alpha value is -1.11. The van der Waals surface area contributed by atoms with Crippen LogP contribution in [0.5, 0.6) is 5.75 Å². The molecule has 1 aromatic heterocycles. The highest BCUT2D eigenvalue weighted by molar-refractivity contribution is 7.90. The third-order valence-electron chi connectivity index (χ3n) is 2.55. The summed E-state index contributed by atoms with van der Waals surface area (Å²) < 4.78 is 28.4. The van der Waals surface area contributed by atoms with Crippen molar-refractivity contribution in [2.45, 2.75) is 17.2 Å². The third-order valence-corrected chi connectivity index (χ3v) is 4.90. The van der Waals surface area contributed by atoms with E-state index in [1.54, 1.807) is 29.5 Å². The first-order chi connectivity index (χ1) is 9.49. The zero-order chi connectivity index (χ0) is 14.6. The summed E-state index contributed by atoms with van der Waals surface area (Å²) in [7, 11) is -3.21. The average Bonchev–Trinajstić information content (AvgIpc) is 2.86. The minimum atomic E-state index is -3.21. The molecule has 0 radical (unpaired) electrons. The van der Waals surface area contributed by atoms with E-state index in [-0.39, 0.29) is 4.90 Å². The SMILES string of the molecule is CS(=O)(=O)c1cccc(OCCc2nc(CCl)cs2)c1. The fourth-order valence-electron chi connectivity index (χ4n) is 1.58. The normalized spacial score (nSPS) is 11.5. The van der Waals surface area contributed by atoms with E-state index >= 15 is 0 Å². The maximum atomic E-state index is 11.4. The van der Waals surface area contributed by atoms with E-state index < -0.39 is 9.84 Å². The van der Waals surface area contributed by atoms with Crippen LogP contribution in [0, 0.1) is 0 Å². The monoisotopic (exact) mass is 331 g/mol. The van der Waals surface area contributed by atoms with E-state index in [0.717, 1.165) is 10.7 Å². The molecule has 1 aromatic carbocycles. The lowest BCUT2D eigenvalue weighted by molar-refractivity contribution is 0.321. The van der Waals surface area contributed by atoms with Crippen LogP contribution in [0.25, 0.3) is 0 Å². The summed E-state index contributed by atoms with van der Waals surface area (Å²) >= 11 is 7.23. The molecule has 0 N–H and O–H groups in total. The van der Waals surface area contributed by atoms with Crippen molar-refractivity contribution in [3.05, 3.63) is 40.3 Å². The summed E-state index contributed by atoms with van der Waals surface area (Å²) in [4.78, 5) is 4.59. The third kappa shape index (κ3) is 4.19. The molecule has 2 rings (SSSR count). The lowest BCUT2D eigenvalue weighted by Gasteiger charge is -2.06. The molecule has 108 valence electrons. The quantitative estimate of drug-likeness (QED) is 0.764. The molecule has 4 nitrogen and oxygen atoms in total. The van der Waals surface area contributed by atoms with Gasteiger partial charge in [0.1, 0.15) is 5.75 Å². The Labute approximate surface area is 127 Å². The predicted molar refractivity (Wildman–Crippen MR) is 80.4 cm³/mol. The van der Waals surface area contributed by atoms with Gasteiger partial charge in [0.2, 0.25) is 0 Å². The zero-order valence-electron chi connectivity index (χ0n) is 10.9. The van der Waals surface area contributed by atoms with E-state index in [2.05, 4.69) is 4.98 Å². The molecule has 0 aliphatic carbocycles. The summed E-state index contributed by atoms with van der Waals surface area (Å²) in [5, 5.41) is 2.88. The number of hydrogen-bond donors (Lipinski definition) is 0. The van der Waals surface area contributed by atoms with Gasteiger partial charge in [0.25, 0.3) is 0 Å². The van der Waals surface area contributed by atoms with Gasteiger partial charge in [0, 0.05) is 18.1 Å². The Morgan fingerprint density at radius 2 is 2.20 bits per heavy atom.